The van der Waals surface area contributed by atoms with E-state index >= 15 is 0 Å². The first kappa shape index (κ1) is 27.5. The molecule has 0 saturated heterocycles. The van der Waals surface area contributed by atoms with Gasteiger partial charge < -0.3 is 15.0 Å². The van der Waals surface area contributed by atoms with Crippen LogP contribution in [0.15, 0.2) is 91.3 Å². The number of anilines is 1. The number of hydrogen-bond acceptors (Lipinski definition) is 5. The highest BCUT2D eigenvalue weighted by Crippen LogP contribution is 2.38. The molecule has 0 bridgehead atoms. The van der Waals surface area contributed by atoms with E-state index in [4.69, 9.17) is 9.72 Å². The number of ether oxygens (including phenoxy) is 1. The number of aromatic amines is 1. The summed E-state index contributed by atoms with van der Waals surface area (Å²) in [4.78, 5) is 40.0. The van der Waals surface area contributed by atoms with Gasteiger partial charge in [-0.15, -0.1) is 0 Å². The van der Waals surface area contributed by atoms with Crippen LogP contribution in [0.4, 0.5) is 15.0 Å². The minimum absolute atomic E-state index is 0.300. The van der Waals surface area contributed by atoms with Crippen molar-refractivity contribution in [3.05, 3.63) is 103 Å². The van der Waals surface area contributed by atoms with Crippen LogP contribution in [0, 0.1) is 5.82 Å². The number of hydrogen-bond donors (Lipinski definition) is 2. The minimum atomic E-state index is -0.964. The molecule has 0 saturated carbocycles. The number of carbonyl (C=O) groups is 2. The summed E-state index contributed by atoms with van der Waals surface area (Å²) in [6.07, 6.45) is 2.78. The van der Waals surface area contributed by atoms with Gasteiger partial charge >= 0.3 is 6.09 Å². The second-order valence-electron chi connectivity index (χ2n) is 10.6. The van der Waals surface area contributed by atoms with Crippen LogP contribution in [0.1, 0.15) is 32.4 Å². The second-order valence-corrected chi connectivity index (χ2v) is 10.6. The van der Waals surface area contributed by atoms with E-state index in [2.05, 4.69) is 15.3 Å². The van der Waals surface area contributed by atoms with Crippen molar-refractivity contribution < 1.29 is 18.7 Å². The van der Waals surface area contributed by atoms with Crippen molar-refractivity contribution >= 4 is 28.9 Å². The number of H-pyrrole nitrogens is 1. The Morgan fingerprint density at radius 1 is 0.927 bits per heavy atom. The summed E-state index contributed by atoms with van der Waals surface area (Å²) in [5.74, 6) is -0.479. The van der Waals surface area contributed by atoms with Crippen molar-refractivity contribution in [2.24, 2.45) is 0 Å². The van der Waals surface area contributed by atoms with Gasteiger partial charge in [0.05, 0.1) is 5.69 Å². The fourth-order valence-electron chi connectivity index (χ4n) is 4.61. The summed E-state index contributed by atoms with van der Waals surface area (Å²) in [6, 6.07) is 21.6. The maximum Gasteiger partial charge on any atom is 0.410 e. The van der Waals surface area contributed by atoms with Crippen molar-refractivity contribution in [3.63, 3.8) is 0 Å². The van der Waals surface area contributed by atoms with Crippen molar-refractivity contribution in [1.29, 1.82) is 0 Å². The summed E-state index contributed by atoms with van der Waals surface area (Å²) >= 11 is 0. The molecule has 9 heteroatoms. The van der Waals surface area contributed by atoms with Crippen LogP contribution in [-0.4, -0.2) is 44.5 Å². The summed E-state index contributed by atoms with van der Waals surface area (Å²) in [7, 11) is 1.53. The quantitative estimate of drug-likeness (QED) is 0.237. The zero-order valence-electron chi connectivity index (χ0n) is 23.2. The third kappa shape index (κ3) is 6.09. The molecule has 0 aliphatic rings. The lowest BCUT2D eigenvalue weighted by Gasteiger charge is -2.30. The zero-order valence-corrected chi connectivity index (χ0v) is 23.2. The molecule has 5 aromatic rings. The largest absolute Gasteiger partial charge is 0.444 e. The van der Waals surface area contributed by atoms with Crippen LogP contribution in [-0.2, 0) is 9.53 Å². The number of amides is 2. The smallest absolute Gasteiger partial charge is 0.410 e. The molecule has 208 valence electrons. The number of pyridine rings is 2. The third-order valence-electron chi connectivity index (χ3n) is 6.44. The number of fused-ring (bicyclic) bond motifs is 1. The maximum atomic E-state index is 13.7. The van der Waals surface area contributed by atoms with E-state index < -0.39 is 23.6 Å². The predicted molar refractivity (Wildman–Crippen MR) is 157 cm³/mol. The molecule has 0 fully saturated rings. The summed E-state index contributed by atoms with van der Waals surface area (Å²) in [5, 5.41) is 3.69. The fraction of sp³-hybridized carbons (Fsp3) is 0.188. The molecule has 0 aliphatic carbocycles. The highest BCUT2D eigenvalue weighted by atomic mass is 19.1. The van der Waals surface area contributed by atoms with Crippen LogP contribution in [0.2, 0.25) is 0 Å². The molecule has 5 rings (SSSR count). The number of nitrogens with one attached hydrogen (secondary N) is 2. The summed E-state index contributed by atoms with van der Waals surface area (Å²) in [6.45, 7) is 5.31. The van der Waals surface area contributed by atoms with Gasteiger partial charge in [-0.1, -0.05) is 30.3 Å². The van der Waals surface area contributed by atoms with Gasteiger partial charge in [-0.25, -0.2) is 14.2 Å². The molecule has 3 aromatic heterocycles. The lowest BCUT2D eigenvalue weighted by Crippen LogP contribution is -2.41. The standard InChI is InChI=1S/C32H30FN5O3/c1-32(2,3)41-31(40)38(4)28(22-8-6-5-7-9-22)30(39)36-25-15-14-24-26(20-16-18-34-19-17-20)27(37-29(24)35-25)21-10-12-23(33)13-11-21/h5-19,28H,1-4H3,(H2,35,36,37,39)/t28-/m0/s1. The van der Waals surface area contributed by atoms with Gasteiger partial charge in [0.15, 0.2) is 0 Å². The van der Waals surface area contributed by atoms with E-state index in [9.17, 15) is 14.0 Å². The van der Waals surface area contributed by atoms with E-state index in [-0.39, 0.29) is 5.82 Å². The number of carbonyl (C=O) groups excluding carboxylic acids is 2. The second kappa shape index (κ2) is 11.2. The first-order valence-electron chi connectivity index (χ1n) is 13.1. The normalized spacial score (nSPS) is 12.1. The van der Waals surface area contributed by atoms with Gasteiger partial charge in [-0.2, -0.15) is 0 Å². The predicted octanol–water partition coefficient (Wildman–Crippen LogP) is 6.98. The highest BCUT2D eigenvalue weighted by Gasteiger charge is 2.32. The van der Waals surface area contributed by atoms with Gasteiger partial charge in [0.2, 0.25) is 0 Å². The van der Waals surface area contributed by atoms with Crippen LogP contribution in [0.3, 0.4) is 0 Å². The zero-order chi connectivity index (χ0) is 29.1. The third-order valence-corrected chi connectivity index (χ3v) is 6.44. The maximum absolute atomic E-state index is 13.7. The Morgan fingerprint density at radius 3 is 2.27 bits per heavy atom. The highest BCUT2D eigenvalue weighted by molar-refractivity contribution is 6.04. The van der Waals surface area contributed by atoms with E-state index in [1.165, 1.54) is 24.1 Å². The summed E-state index contributed by atoms with van der Waals surface area (Å²) < 4.78 is 19.2. The molecule has 41 heavy (non-hydrogen) atoms. The molecular formula is C32H30FN5O3. The molecule has 3 heterocycles. The first-order chi connectivity index (χ1) is 19.6. The Kier molecular flexibility index (Phi) is 7.52. The number of aromatic nitrogens is 3. The van der Waals surface area contributed by atoms with Gasteiger partial charge in [0.1, 0.15) is 28.9 Å². The first-order valence-corrected chi connectivity index (χ1v) is 13.1. The molecule has 2 N–H and O–H groups in total. The Balaban J connectivity index is 1.52. The van der Waals surface area contributed by atoms with Crippen molar-refractivity contribution in [1.82, 2.24) is 19.9 Å². The molecule has 0 radical (unpaired) electrons. The van der Waals surface area contributed by atoms with E-state index in [0.717, 1.165) is 27.8 Å². The number of nitrogens with zero attached hydrogens (tertiary/aromatic N) is 3. The molecule has 8 nitrogen and oxygen atoms in total. The lowest BCUT2D eigenvalue weighted by atomic mass is 10.00. The van der Waals surface area contributed by atoms with Gasteiger partial charge in [-0.05, 0) is 86.0 Å². The van der Waals surface area contributed by atoms with Crippen molar-refractivity contribution in [2.75, 3.05) is 12.4 Å². The molecule has 0 aliphatic heterocycles. The average molecular weight is 552 g/mol. The van der Waals surface area contributed by atoms with Crippen LogP contribution < -0.4 is 5.32 Å². The van der Waals surface area contributed by atoms with E-state index in [0.29, 0.717) is 17.0 Å². The fourth-order valence-corrected chi connectivity index (χ4v) is 4.61. The molecular weight excluding hydrogens is 521 g/mol. The molecule has 1 atom stereocenters. The van der Waals surface area contributed by atoms with Crippen molar-refractivity contribution in [3.8, 4) is 22.4 Å². The Bertz CT molecular complexity index is 1680. The SMILES string of the molecule is CN(C(=O)OC(C)(C)C)[C@H](C(=O)Nc1ccc2c(-c3ccncc3)c(-c3ccc(F)cc3)[nH]c2n1)c1ccccc1. The molecule has 2 aromatic carbocycles. The van der Waals surface area contributed by atoms with Crippen LogP contribution >= 0.6 is 0 Å². The number of halogens is 1. The van der Waals surface area contributed by atoms with Gasteiger partial charge in [0, 0.05) is 30.4 Å². The number of benzene rings is 2. The Morgan fingerprint density at radius 2 is 1.61 bits per heavy atom. The van der Waals surface area contributed by atoms with Gasteiger partial charge in [0.25, 0.3) is 5.91 Å². The molecule has 0 spiro atoms. The molecule has 2 amide bonds. The monoisotopic (exact) mass is 551 g/mol. The van der Waals surface area contributed by atoms with Crippen LogP contribution in [0.25, 0.3) is 33.4 Å². The number of rotatable bonds is 6. The van der Waals surface area contributed by atoms with E-state index in [1.807, 2.05) is 24.3 Å². The molecule has 0 unspecified atom stereocenters. The lowest BCUT2D eigenvalue weighted by molar-refractivity contribution is -0.121. The Labute approximate surface area is 237 Å². The minimum Gasteiger partial charge on any atom is -0.444 e. The van der Waals surface area contributed by atoms with E-state index in [1.54, 1.807) is 75.6 Å². The average Bonchev–Trinajstić information content (AvgIpc) is 3.32. The number of likely N-dealkylation sites (N-methyl/N-ethyl adjacent to an activating group) is 1. The van der Waals surface area contributed by atoms with Crippen LogP contribution in [0.5, 0.6) is 0 Å². The van der Waals surface area contributed by atoms with Crippen molar-refractivity contribution in [2.45, 2.75) is 32.4 Å². The Hall–Kier alpha value is -5.05. The summed E-state index contributed by atoms with van der Waals surface area (Å²) in [5.41, 5.74) is 3.76. The topological polar surface area (TPSA) is 100 Å². The van der Waals surface area contributed by atoms with Gasteiger partial charge in [-0.3, -0.25) is 14.7 Å².